The van der Waals surface area contributed by atoms with Gasteiger partial charge in [0.25, 0.3) is 10.0 Å². The summed E-state index contributed by atoms with van der Waals surface area (Å²) < 4.78 is 55.0. The van der Waals surface area contributed by atoms with Gasteiger partial charge in [0.05, 0.1) is 28.2 Å². The second kappa shape index (κ2) is 6.92. The number of benzene rings is 2. The molecule has 1 fully saturated rings. The van der Waals surface area contributed by atoms with Crippen LogP contribution in [0.3, 0.4) is 0 Å². The topological polar surface area (TPSA) is 61.9 Å². The number of aryl methyl sites for hydroxylation is 1. The lowest BCUT2D eigenvalue weighted by atomic mass is 9.79. The maximum atomic E-state index is 15.1. The van der Waals surface area contributed by atoms with Gasteiger partial charge in [-0.25, -0.2) is 21.6 Å². The third-order valence-corrected chi connectivity index (χ3v) is 7.72. The fourth-order valence-electron chi connectivity index (χ4n) is 3.52. The standard InChI is InChI=1S/C22H22BFN2O4S/c1-14-7-9-16(10-8-14)31(27,28)26-13-18(23-29-21(2,3)22(4,5)30-23)17-11-15(25-6)12-19(24)20(17)26/h7-13H,1-5H3. The van der Waals surface area contributed by atoms with E-state index in [4.69, 9.17) is 15.9 Å². The third-order valence-electron chi connectivity index (χ3n) is 6.05. The summed E-state index contributed by atoms with van der Waals surface area (Å²) in [5.41, 5.74) is -0.155. The first-order valence-corrected chi connectivity index (χ1v) is 11.2. The molecule has 0 spiro atoms. The average Bonchev–Trinajstić information content (AvgIpc) is 3.17. The third kappa shape index (κ3) is 3.35. The van der Waals surface area contributed by atoms with Gasteiger partial charge in [-0.15, -0.1) is 0 Å². The Morgan fingerprint density at radius 3 is 2.19 bits per heavy atom. The molecule has 0 atom stereocenters. The van der Waals surface area contributed by atoms with Crippen molar-refractivity contribution in [2.24, 2.45) is 0 Å². The van der Waals surface area contributed by atoms with E-state index in [0.717, 1.165) is 15.6 Å². The van der Waals surface area contributed by atoms with E-state index in [1.807, 2.05) is 34.6 Å². The molecule has 1 saturated heterocycles. The normalized spacial score (nSPS) is 17.8. The highest BCUT2D eigenvalue weighted by Crippen LogP contribution is 2.38. The zero-order chi connectivity index (χ0) is 22.8. The Balaban J connectivity index is 1.98. The molecule has 1 aliphatic heterocycles. The number of rotatable bonds is 3. The van der Waals surface area contributed by atoms with Crippen LogP contribution in [-0.4, -0.2) is 30.7 Å². The number of hydrogen-bond donors (Lipinski definition) is 0. The molecule has 0 radical (unpaired) electrons. The largest absolute Gasteiger partial charge is 0.497 e. The lowest BCUT2D eigenvalue weighted by molar-refractivity contribution is 0.00578. The van der Waals surface area contributed by atoms with Crippen LogP contribution in [0.2, 0.25) is 0 Å². The fourth-order valence-corrected chi connectivity index (χ4v) is 4.91. The summed E-state index contributed by atoms with van der Waals surface area (Å²) in [5, 5.41) is 0.264. The molecule has 0 unspecified atom stereocenters. The Hall–Kier alpha value is -2.67. The van der Waals surface area contributed by atoms with Crippen molar-refractivity contribution in [3.63, 3.8) is 0 Å². The van der Waals surface area contributed by atoms with Crippen molar-refractivity contribution in [3.8, 4) is 0 Å². The summed E-state index contributed by atoms with van der Waals surface area (Å²) in [7, 11) is -5.02. The van der Waals surface area contributed by atoms with Gasteiger partial charge in [-0.1, -0.05) is 17.7 Å². The van der Waals surface area contributed by atoms with Gasteiger partial charge in [0, 0.05) is 11.7 Å². The molecule has 4 rings (SSSR count). The van der Waals surface area contributed by atoms with E-state index in [1.165, 1.54) is 24.4 Å². The number of hydrogen-bond acceptors (Lipinski definition) is 4. The quantitative estimate of drug-likeness (QED) is 0.453. The predicted molar refractivity (Wildman–Crippen MR) is 118 cm³/mol. The maximum absolute atomic E-state index is 15.1. The summed E-state index contributed by atoms with van der Waals surface area (Å²) in [6.07, 6.45) is 1.33. The van der Waals surface area contributed by atoms with E-state index >= 15 is 4.39 Å². The van der Waals surface area contributed by atoms with E-state index in [0.29, 0.717) is 5.46 Å². The fraction of sp³-hybridized carbons (Fsp3) is 0.318. The van der Waals surface area contributed by atoms with Crippen LogP contribution in [0.1, 0.15) is 33.3 Å². The molecule has 1 aromatic heterocycles. The van der Waals surface area contributed by atoms with E-state index in [-0.39, 0.29) is 21.5 Å². The monoisotopic (exact) mass is 440 g/mol. The Labute approximate surface area is 181 Å². The minimum absolute atomic E-state index is 0.0316. The highest BCUT2D eigenvalue weighted by molar-refractivity contribution is 7.90. The van der Waals surface area contributed by atoms with Crippen LogP contribution in [0.5, 0.6) is 0 Å². The molecule has 2 heterocycles. The van der Waals surface area contributed by atoms with Crippen molar-refractivity contribution >= 4 is 39.2 Å². The molecule has 9 heteroatoms. The number of halogens is 1. The van der Waals surface area contributed by atoms with Crippen molar-refractivity contribution in [1.82, 2.24) is 3.97 Å². The number of aromatic nitrogens is 1. The van der Waals surface area contributed by atoms with Crippen molar-refractivity contribution in [2.75, 3.05) is 0 Å². The molecule has 2 aromatic carbocycles. The predicted octanol–water partition coefficient (Wildman–Crippen LogP) is 4.18. The molecule has 160 valence electrons. The molecule has 0 amide bonds. The Bertz CT molecular complexity index is 1320. The van der Waals surface area contributed by atoms with E-state index in [1.54, 1.807) is 12.1 Å². The minimum atomic E-state index is -4.10. The van der Waals surface area contributed by atoms with Crippen LogP contribution in [0, 0.1) is 19.3 Å². The highest BCUT2D eigenvalue weighted by atomic mass is 32.2. The lowest BCUT2D eigenvalue weighted by Crippen LogP contribution is -2.41. The van der Waals surface area contributed by atoms with Gasteiger partial charge in [-0.05, 0) is 64.3 Å². The molecule has 0 bridgehead atoms. The Kier molecular flexibility index (Phi) is 4.81. The zero-order valence-corrected chi connectivity index (χ0v) is 18.7. The van der Waals surface area contributed by atoms with Crippen LogP contribution >= 0.6 is 0 Å². The molecule has 0 saturated carbocycles. The Morgan fingerprint density at radius 1 is 1.06 bits per heavy atom. The molecular formula is C22H22BFN2O4S. The van der Waals surface area contributed by atoms with Crippen molar-refractivity contribution in [2.45, 2.75) is 50.7 Å². The van der Waals surface area contributed by atoms with Crippen LogP contribution in [0.25, 0.3) is 15.7 Å². The van der Waals surface area contributed by atoms with E-state index in [2.05, 4.69) is 4.85 Å². The van der Waals surface area contributed by atoms with Crippen molar-refractivity contribution in [1.29, 1.82) is 0 Å². The summed E-state index contributed by atoms with van der Waals surface area (Å²) in [5.74, 6) is -0.804. The van der Waals surface area contributed by atoms with Gasteiger partial charge in [-0.2, -0.15) is 0 Å². The first kappa shape index (κ1) is 21.6. The van der Waals surface area contributed by atoms with Gasteiger partial charge in [-0.3, -0.25) is 0 Å². The summed E-state index contributed by atoms with van der Waals surface area (Å²) in [6.45, 7) is 16.6. The second-order valence-electron chi connectivity index (χ2n) is 8.72. The SMILES string of the molecule is [C-]#[N+]c1cc(F)c2c(c1)c(B1OC(C)(C)C(C)(C)O1)cn2S(=O)(=O)c1ccc(C)cc1. The minimum Gasteiger partial charge on any atom is -0.399 e. The van der Waals surface area contributed by atoms with Gasteiger partial charge in [0.15, 0.2) is 5.69 Å². The van der Waals surface area contributed by atoms with Gasteiger partial charge >= 0.3 is 7.12 Å². The molecule has 1 aliphatic rings. The van der Waals surface area contributed by atoms with Crippen molar-refractivity contribution < 1.29 is 22.1 Å². The zero-order valence-electron chi connectivity index (χ0n) is 17.9. The first-order valence-electron chi connectivity index (χ1n) is 9.77. The summed E-state index contributed by atoms with van der Waals surface area (Å²) in [6, 6.07) is 8.83. The second-order valence-corrected chi connectivity index (χ2v) is 10.5. The molecule has 6 nitrogen and oxygen atoms in total. The van der Waals surface area contributed by atoms with Gasteiger partial charge in [0.2, 0.25) is 0 Å². The van der Waals surface area contributed by atoms with Crippen LogP contribution in [0.15, 0.2) is 47.5 Å². The van der Waals surface area contributed by atoms with Crippen LogP contribution in [0.4, 0.5) is 10.1 Å². The van der Waals surface area contributed by atoms with Crippen LogP contribution in [-0.2, 0) is 19.3 Å². The maximum Gasteiger partial charge on any atom is 0.497 e. The molecular weight excluding hydrogens is 418 g/mol. The van der Waals surface area contributed by atoms with Gasteiger partial charge < -0.3 is 9.31 Å². The van der Waals surface area contributed by atoms with Crippen LogP contribution < -0.4 is 5.46 Å². The van der Waals surface area contributed by atoms with E-state index in [9.17, 15) is 8.42 Å². The molecule has 0 aliphatic carbocycles. The first-order chi connectivity index (χ1) is 14.4. The highest BCUT2D eigenvalue weighted by Gasteiger charge is 2.52. The lowest BCUT2D eigenvalue weighted by Gasteiger charge is -2.32. The molecule has 3 aromatic rings. The van der Waals surface area contributed by atoms with Crippen molar-refractivity contribution in [3.05, 3.63) is 65.4 Å². The van der Waals surface area contributed by atoms with Gasteiger partial charge in [0.1, 0.15) is 5.82 Å². The molecule has 0 N–H and O–H groups in total. The summed E-state index contributed by atoms with van der Waals surface area (Å²) in [4.78, 5) is 3.35. The number of nitrogens with zero attached hydrogens (tertiary/aromatic N) is 2. The van der Waals surface area contributed by atoms with E-state index < -0.39 is 34.2 Å². The number of fused-ring (bicyclic) bond motifs is 1. The molecule has 31 heavy (non-hydrogen) atoms. The summed E-state index contributed by atoms with van der Waals surface area (Å²) >= 11 is 0. The smallest absolute Gasteiger partial charge is 0.399 e. The average molecular weight is 440 g/mol. The Morgan fingerprint density at radius 2 is 1.65 bits per heavy atom.